The average Bonchev–Trinajstić information content (AvgIpc) is 2.42. The van der Waals surface area contributed by atoms with Gasteiger partial charge >= 0.3 is 0 Å². The molecule has 1 N–H and O–H groups in total. The van der Waals surface area contributed by atoms with Gasteiger partial charge in [-0.2, -0.15) is 0 Å². The summed E-state index contributed by atoms with van der Waals surface area (Å²) in [6.07, 6.45) is 0.783. The Balaban J connectivity index is 2.54. The highest BCUT2D eigenvalue weighted by atomic mass is 35.5. The Kier molecular flexibility index (Phi) is 5.26. The predicted octanol–water partition coefficient (Wildman–Crippen LogP) is 4.85. The van der Waals surface area contributed by atoms with Gasteiger partial charge in [-0.05, 0) is 24.6 Å². The molecule has 0 amide bonds. The maximum Gasteiger partial charge on any atom is 0.134 e. The zero-order chi connectivity index (χ0) is 15.4. The summed E-state index contributed by atoms with van der Waals surface area (Å²) in [7, 11) is 0. The minimum absolute atomic E-state index is 0.224. The first-order valence-corrected chi connectivity index (χ1v) is 7.04. The van der Waals surface area contributed by atoms with E-state index in [1.165, 1.54) is 0 Å². The van der Waals surface area contributed by atoms with Crippen LogP contribution >= 0.6 is 11.6 Å². The van der Waals surface area contributed by atoms with E-state index in [9.17, 15) is 13.2 Å². The molecule has 0 spiro atoms. The van der Waals surface area contributed by atoms with Crippen molar-refractivity contribution >= 4 is 11.6 Å². The summed E-state index contributed by atoms with van der Waals surface area (Å²) in [5, 5.41) is 3.45. The molecule has 21 heavy (non-hydrogen) atoms. The monoisotopic (exact) mass is 313 g/mol. The second-order valence-corrected chi connectivity index (χ2v) is 5.10. The van der Waals surface area contributed by atoms with Crippen LogP contribution in [-0.2, 0) is 0 Å². The Bertz CT molecular complexity index is 608. The minimum Gasteiger partial charge on any atom is -0.306 e. The van der Waals surface area contributed by atoms with Crippen molar-refractivity contribution in [1.82, 2.24) is 5.32 Å². The Morgan fingerprint density at radius 1 is 1.10 bits per heavy atom. The third-order valence-corrected chi connectivity index (χ3v) is 3.49. The molecule has 0 saturated heterocycles. The van der Waals surface area contributed by atoms with E-state index in [4.69, 9.17) is 11.6 Å². The fourth-order valence-electron chi connectivity index (χ4n) is 2.19. The van der Waals surface area contributed by atoms with Crippen molar-refractivity contribution in [2.45, 2.75) is 19.4 Å². The fraction of sp³-hybridized carbons (Fsp3) is 0.250. The van der Waals surface area contributed by atoms with Gasteiger partial charge in [-0.1, -0.05) is 36.7 Å². The molecule has 112 valence electrons. The molecule has 1 nitrogen and oxygen atoms in total. The van der Waals surface area contributed by atoms with Crippen molar-refractivity contribution in [3.63, 3.8) is 0 Å². The van der Waals surface area contributed by atoms with Crippen LogP contribution in [0.1, 0.15) is 30.5 Å². The van der Waals surface area contributed by atoms with Crippen molar-refractivity contribution in [3.8, 4) is 0 Å². The lowest BCUT2D eigenvalue weighted by molar-refractivity contribution is 0.487. The lowest BCUT2D eigenvalue weighted by Gasteiger charge is -2.21. The van der Waals surface area contributed by atoms with Gasteiger partial charge in [0.1, 0.15) is 17.5 Å². The van der Waals surface area contributed by atoms with E-state index in [0.717, 1.165) is 6.42 Å². The van der Waals surface area contributed by atoms with E-state index in [1.807, 2.05) is 6.92 Å². The second kappa shape index (κ2) is 6.96. The lowest BCUT2D eigenvalue weighted by Crippen LogP contribution is -2.25. The van der Waals surface area contributed by atoms with Crippen molar-refractivity contribution < 1.29 is 13.2 Å². The smallest absolute Gasteiger partial charge is 0.134 e. The maximum absolute atomic E-state index is 14.0. The van der Waals surface area contributed by atoms with Gasteiger partial charge in [-0.15, -0.1) is 0 Å². The molecule has 0 aliphatic rings. The third kappa shape index (κ3) is 3.57. The van der Waals surface area contributed by atoms with Crippen LogP contribution in [0, 0.1) is 17.5 Å². The summed E-state index contributed by atoms with van der Waals surface area (Å²) in [5.41, 5.74) is 0.329. The summed E-state index contributed by atoms with van der Waals surface area (Å²) in [6, 6.07) is 7.40. The molecule has 1 atom stereocenters. The Morgan fingerprint density at radius 3 is 2.29 bits per heavy atom. The molecule has 0 bridgehead atoms. The van der Waals surface area contributed by atoms with Gasteiger partial charge in [0.15, 0.2) is 0 Å². The van der Waals surface area contributed by atoms with E-state index < -0.39 is 23.5 Å². The van der Waals surface area contributed by atoms with Crippen molar-refractivity contribution in [2.75, 3.05) is 6.54 Å². The molecule has 1 unspecified atom stereocenters. The second-order valence-electron chi connectivity index (χ2n) is 4.69. The molecule has 0 radical (unpaired) electrons. The van der Waals surface area contributed by atoms with Gasteiger partial charge in [-0.25, -0.2) is 13.2 Å². The molecule has 2 aromatic rings. The van der Waals surface area contributed by atoms with E-state index in [-0.39, 0.29) is 5.56 Å². The number of hydrogen-bond acceptors (Lipinski definition) is 1. The fourth-order valence-corrected chi connectivity index (χ4v) is 2.44. The van der Waals surface area contributed by atoms with Crippen LogP contribution < -0.4 is 5.32 Å². The van der Waals surface area contributed by atoms with E-state index in [1.54, 1.807) is 24.3 Å². The molecule has 0 heterocycles. The van der Waals surface area contributed by atoms with Crippen LogP contribution in [0.5, 0.6) is 0 Å². The normalized spacial score (nSPS) is 12.4. The van der Waals surface area contributed by atoms with Gasteiger partial charge in [0.2, 0.25) is 0 Å². The van der Waals surface area contributed by atoms with Crippen molar-refractivity contribution in [1.29, 1.82) is 0 Å². The van der Waals surface area contributed by atoms with Crippen LogP contribution in [0.3, 0.4) is 0 Å². The molecule has 0 aromatic heterocycles. The average molecular weight is 314 g/mol. The minimum atomic E-state index is -0.942. The van der Waals surface area contributed by atoms with Crippen LogP contribution in [0.15, 0.2) is 36.4 Å². The summed E-state index contributed by atoms with van der Waals surface area (Å²) < 4.78 is 41.2. The lowest BCUT2D eigenvalue weighted by atomic mass is 9.97. The van der Waals surface area contributed by atoms with Gasteiger partial charge in [0, 0.05) is 22.7 Å². The summed E-state index contributed by atoms with van der Waals surface area (Å²) in [6.45, 7) is 2.49. The van der Waals surface area contributed by atoms with E-state index in [0.29, 0.717) is 29.3 Å². The summed E-state index contributed by atoms with van der Waals surface area (Å²) in [5.74, 6) is -2.80. The quantitative estimate of drug-likeness (QED) is 0.832. The molecule has 0 aliphatic heterocycles. The largest absolute Gasteiger partial charge is 0.306 e. The molecular formula is C16H15ClF3N. The van der Waals surface area contributed by atoms with Gasteiger partial charge in [-0.3, -0.25) is 0 Å². The Hall–Kier alpha value is -1.52. The molecule has 2 rings (SSSR count). The van der Waals surface area contributed by atoms with Crippen molar-refractivity contribution in [2.24, 2.45) is 0 Å². The highest BCUT2D eigenvalue weighted by Gasteiger charge is 2.24. The highest BCUT2D eigenvalue weighted by molar-refractivity contribution is 6.31. The first kappa shape index (κ1) is 15.9. The predicted molar refractivity (Wildman–Crippen MR) is 77.9 cm³/mol. The zero-order valence-electron chi connectivity index (χ0n) is 11.5. The van der Waals surface area contributed by atoms with Crippen LogP contribution in [0.4, 0.5) is 13.2 Å². The number of hydrogen-bond donors (Lipinski definition) is 1. The molecule has 0 saturated carbocycles. The first-order valence-electron chi connectivity index (χ1n) is 6.66. The first-order chi connectivity index (χ1) is 10.0. The number of halogens is 4. The SMILES string of the molecule is CCCNC(c1ccccc1Cl)c1c(F)cc(F)cc1F. The molecule has 5 heteroatoms. The topological polar surface area (TPSA) is 12.0 Å². The summed E-state index contributed by atoms with van der Waals surface area (Å²) in [4.78, 5) is 0. The van der Waals surface area contributed by atoms with Gasteiger partial charge in [0.05, 0.1) is 6.04 Å². The number of rotatable bonds is 5. The Morgan fingerprint density at radius 2 is 1.71 bits per heavy atom. The van der Waals surface area contributed by atoms with E-state index in [2.05, 4.69) is 5.32 Å². The number of nitrogens with one attached hydrogen (secondary N) is 1. The van der Waals surface area contributed by atoms with Crippen molar-refractivity contribution in [3.05, 3.63) is 70.0 Å². The van der Waals surface area contributed by atoms with Gasteiger partial charge in [0.25, 0.3) is 0 Å². The highest BCUT2D eigenvalue weighted by Crippen LogP contribution is 2.31. The zero-order valence-corrected chi connectivity index (χ0v) is 12.2. The molecule has 0 fully saturated rings. The van der Waals surface area contributed by atoms with Crippen LogP contribution in [0.25, 0.3) is 0 Å². The standard InChI is InChI=1S/C16H15ClF3N/c1-2-7-21-16(11-5-3-4-6-12(11)17)15-13(19)8-10(18)9-14(15)20/h3-6,8-9,16,21H,2,7H2,1H3. The molecule has 2 aromatic carbocycles. The van der Waals surface area contributed by atoms with E-state index >= 15 is 0 Å². The maximum atomic E-state index is 14.0. The van der Waals surface area contributed by atoms with Crippen LogP contribution in [-0.4, -0.2) is 6.54 Å². The summed E-state index contributed by atoms with van der Waals surface area (Å²) >= 11 is 6.12. The van der Waals surface area contributed by atoms with Crippen LogP contribution in [0.2, 0.25) is 5.02 Å². The number of benzene rings is 2. The Labute approximate surface area is 126 Å². The molecule has 0 aliphatic carbocycles. The molecular weight excluding hydrogens is 299 g/mol. The third-order valence-electron chi connectivity index (χ3n) is 3.15. The van der Waals surface area contributed by atoms with Gasteiger partial charge < -0.3 is 5.32 Å².